The van der Waals surface area contributed by atoms with Gasteiger partial charge < -0.3 is 10.6 Å². The monoisotopic (exact) mass is 272 g/mol. The van der Waals surface area contributed by atoms with Crippen LogP contribution in [-0.4, -0.2) is 24.7 Å². The molecule has 6 nitrogen and oxygen atoms in total. The molecule has 104 valence electrons. The summed E-state index contributed by atoms with van der Waals surface area (Å²) in [7, 11) is 1.57. The maximum atomic E-state index is 11.5. The van der Waals surface area contributed by atoms with Crippen molar-refractivity contribution in [2.75, 3.05) is 12.4 Å². The van der Waals surface area contributed by atoms with Gasteiger partial charge in [0.05, 0.1) is 5.71 Å². The largest absolute Gasteiger partial charge is 0.341 e. The molecule has 3 amide bonds. The standard InChI is InChI=1S/C14H16N4O2/c1-14-6-8-5-9(16-13(20)15-2)3-4-10(8)12(14)18-17-11(19)7-14/h3-5H,6-7H2,1-2H3,(H,17,19)(H2,15,16,20). The smallest absolute Gasteiger partial charge is 0.318 e. The van der Waals surface area contributed by atoms with Crippen LogP contribution in [-0.2, 0) is 11.2 Å². The molecule has 1 aliphatic carbocycles. The van der Waals surface area contributed by atoms with Gasteiger partial charge in [0.2, 0.25) is 5.91 Å². The van der Waals surface area contributed by atoms with E-state index in [4.69, 9.17) is 0 Å². The number of urea groups is 1. The Labute approximate surface area is 116 Å². The lowest BCUT2D eigenvalue weighted by Gasteiger charge is -2.27. The van der Waals surface area contributed by atoms with Crippen LogP contribution in [0.5, 0.6) is 0 Å². The van der Waals surface area contributed by atoms with Crippen LogP contribution in [0, 0.1) is 5.41 Å². The molecule has 2 aliphatic rings. The van der Waals surface area contributed by atoms with Gasteiger partial charge in [-0.1, -0.05) is 13.0 Å². The van der Waals surface area contributed by atoms with Crippen molar-refractivity contribution in [3.8, 4) is 0 Å². The minimum absolute atomic E-state index is 0.0484. The molecule has 1 aromatic rings. The van der Waals surface area contributed by atoms with Gasteiger partial charge >= 0.3 is 6.03 Å². The van der Waals surface area contributed by atoms with Crippen molar-refractivity contribution in [3.63, 3.8) is 0 Å². The van der Waals surface area contributed by atoms with Crippen molar-refractivity contribution < 1.29 is 9.59 Å². The second-order valence-corrected chi connectivity index (χ2v) is 5.49. The van der Waals surface area contributed by atoms with E-state index in [0.717, 1.165) is 28.9 Å². The molecule has 1 atom stereocenters. The topological polar surface area (TPSA) is 82.6 Å². The number of carbonyl (C=O) groups excluding carboxylic acids is 2. The molecule has 1 unspecified atom stereocenters. The van der Waals surface area contributed by atoms with Crippen LogP contribution < -0.4 is 16.1 Å². The van der Waals surface area contributed by atoms with Crippen LogP contribution in [0.25, 0.3) is 0 Å². The van der Waals surface area contributed by atoms with Crippen molar-refractivity contribution in [1.82, 2.24) is 10.7 Å². The van der Waals surface area contributed by atoms with Crippen molar-refractivity contribution in [1.29, 1.82) is 0 Å². The molecule has 20 heavy (non-hydrogen) atoms. The number of amides is 3. The molecule has 3 N–H and O–H groups in total. The summed E-state index contributed by atoms with van der Waals surface area (Å²) in [6.45, 7) is 2.05. The maximum Gasteiger partial charge on any atom is 0.318 e. The van der Waals surface area contributed by atoms with Gasteiger partial charge in [-0.15, -0.1) is 0 Å². The molecule has 0 fully saturated rings. The Morgan fingerprint density at radius 2 is 2.20 bits per heavy atom. The van der Waals surface area contributed by atoms with E-state index in [-0.39, 0.29) is 17.4 Å². The Bertz CT molecular complexity index is 638. The predicted octanol–water partition coefficient (Wildman–Crippen LogP) is 1.22. The van der Waals surface area contributed by atoms with Crippen LogP contribution in [0.2, 0.25) is 0 Å². The lowest BCUT2D eigenvalue weighted by atomic mass is 9.81. The molecule has 1 heterocycles. The van der Waals surface area contributed by atoms with Gasteiger partial charge in [-0.05, 0) is 24.1 Å². The second-order valence-electron chi connectivity index (χ2n) is 5.49. The van der Waals surface area contributed by atoms with E-state index < -0.39 is 0 Å². The Kier molecular flexibility index (Phi) is 2.74. The Morgan fingerprint density at radius 3 is 2.95 bits per heavy atom. The minimum atomic E-state index is -0.249. The van der Waals surface area contributed by atoms with E-state index in [9.17, 15) is 9.59 Å². The molecular weight excluding hydrogens is 256 g/mol. The third kappa shape index (κ3) is 1.93. The second kappa shape index (κ2) is 4.33. The molecule has 0 saturated carbocycles. The van der Waals surface area contributed by atoms with Gasteiger partial charge in [0.25, 0.3) is 0 Å². The first-order chi connectivity index (χ1) is 9.51. The summed E-state index contributed by atoms with van der Waals surface area (Å²) in [6.07, 6.45) is 1.20. The molecular formula is C14H16N4O2. The fraction of sp³-hybridized carbons (Fsp3) is 0.357. The number of nitrogens with zero attached hydrogens (tertiary/aromatic N) is 1. The summed E-state index contributed by atoms with van der Waals surface area (Å²) in [6, 6.07) is 5.49. The number of carbonyl (C=O) groups is 2. The highest BCUT2D eigenvalue weighted by atomic mass is 16.2. The number of benzene rings is 1. The van der Waals surface area contributed by atoms with Gasteiger partial charge in [-0.2, -0.15) is 5.10 Å². The summed E-state index contributed by atoms with van der Waals surface area (Å²) in [4.78, 5) is 22.9. The van der Waals surface area contributed by atoms with Gasteiger partial charge in [0.15, 0.2) is 0 Å². The van der Waals surface area contributed by atoms with Gasteiger partial charge in [0.1, 0.15) is 0 Å². The molecule has 0 saturated heterocycles. The van der Waals surface area contributed by atoms with Crippen LogP contribution in [0.15, 0.2) is 23.3 Å². The lowest BCUT2D eigenvalue weighted by Crippen LogP contribution is -2.38. The number of hydrogen-bond acceptors (Lipinski definition) is 3. The molecule has 0 aromatic heterocycles. The number of fused-ring (bicyclic) bond motifs is 3. The van der Waals surface area contributed by atoms with E-state index in [1.165, 1.54) is 0 Å². The fourth-order valence-corrected chi connectivity index (χ4v) is 2.93. The highest BCUT2D eigenvalue weighted by Crippen LogP contribution is 2.42. The highest BCUT2D eigenvalue weighted by Gasteiger charge is 2.43. The van der Waals surface area contributed by atoms with Crippen LogP contribution >= 0.6 is 0 Å². The normalized spacial score (nSPS) is 23.3. The summed E-state index contributed by atoms with van der Waals surface area (Å²) in [5.74, 6) is -0.0484. The molecule has 1 aliphatic heterocycles. The van der Waals surface area contributed by atoms with Crippen LogP contribution in [0.4, 0.5) is 10.5 Å². The van der Waals surface area contributed by atoms with E-state index in [0.29, 0.717) is 6.42 Å². The first kappa shape index (κ1) is 12.7. The third-order valence-electron chi connectivity index (χ3n) is 3.84. The van der Waals surface area contributed by atoms with Crippen LogP contribution in [0.1, 0.15) is 24.5 Å². The van der Waals surface area contributed by atoms with E-state index in [2.05, 4.69) is 28.1 Å². The van der Waals surface area contributed by atoms with Crippen molar-refractivity contribution in [3.05, 3.63) is 29.3 Å². The number of nitrogens with one attached hydrogen (secondary N) is 3. The van der Waals surface area contributed by atoms with Gasteiger partial charge in [-0.3, -0.25) is 4.79 Å². The first-order valence-electron chi connectivity index (χ1n) is 6.51. The highest BCUT2D eigenvalue weighted by molar-refractivity contribution is 6.12. The van der Waals surface area contributed by atoms with Crippen molar-refractivity contribution >= 4 is 23.3 Å². The summed E-state index contributed by atoms with van der Waals surface area (Å²) in [5.41, 5.74) is 6.13. The maximum absolute atomic E-state index is 11.5. The molecule has 3 rings (SSSR count). The average Bonchev–Trinajstić information content (AvgIpc) is 2.68. The number of hydrazone groups is 1. The van der Waals surface area contributed by atoms with Gasteiger partial charge in [-0.25, -0.2) is 10.2 Å². The third-order valence-corrected chi connectivity index (χ3v) is 3.84. The van der Waals surface area contributed by atoms with Gasteiger partial charge in [0, 0.05) is 30.1 Å². The van der Waals surface area contributed by atoms with Crippen LogP contribution in [0.3, 0.4) is 0 Å². The SMILES string of the molecule is CNC(=O)Nc1ccc2c(c1)CC1(C)CC(=O)NN=C21. The molecule has 0 radical (unpaired) electrons. The number of anilines is 1. The Morgan fingerprint density at radius 1 is 1.40 bits per heavy atom. The zero-order valence-corrected chi connectivity index (χ0v) is 11.4. The molecule has 1 aromatic carbocycles. The lowest BCUT2D eigenvalue weighted by molar-refractivity contribution is -0.122. The van der Waals surface area contributed by atoms with E-state index >= 15 is 0 Å². The number of hydrogen-bond donors (Lipinski definition) is 3. The summed E-state index contributed by atoms with van der Waals surface area (Å²) < 4.78 is 0. The zero-order chi connectivity index (χ0) is 14.3. The quantitative estimate of drug-likeness (QED) is 0.718. The summed E-state index contributed by atoms with van der Waals surface area (Å²) in [5, 5.41) is 9.48. The van der Waals surface area contributed by atoms with E-state index in [1.54, 1.807) is 7.05 Å². The number of rotatable bonds is 1. The van der Waals surface area contributed by atoms with E-state index in [1.807, 2.05) is 18.2 Å². The Hall–Kier alpha value is -2.37. The predicted molar refractivity (Wildman–Crippen MR) is 75.6 cm³/mol. The zero-order valence-electron chi connectivity index (χ0n) is 11.4. The minimum Gasteiger partial charge on any atom is -0.341 e. The fourth-order valence-electron chi connectivity index (χ4n) is 2.93. The van der Waals surface area contributed by atoms with Crippen molar-refractivity contribution in [2.24, 2.45) is 10.5 Å². The molecule has 0 spiro atoms. The Balaban J connectivity index is 1.95. The summed E-state index contributed by atoms with van der Waals surface area (Å²) >= 11 is 0. The first-order valence-corrected chi connectivity index (χ1v) is 6.51. The average molecular weight is 272 g/mol. The molecule has 0 bridgehead atoms. The molecule has 6 heteroatoms. The van der Waals surface area contributed by atoms with Crippen molar-refractivity contribution in [2.45, 2.75) is 19.8 Å².